The van der Waals surface area contributed by atoms with Crippen molar-refractivity contribution in [3.05, 3.63) is 101 Å². The van der Waals surface area contributed by atoms with E-state index in [0.29, 0.717) is 11.2 Å². The predicted octanol–water partition coefficient (Wildman–Crippen LogP) is 6.00. The molecule has 5 aromatic rings. The first kappa shape index (κ1) is 22.0. The van der Waals surface area contributed by atoms with E-state index < -0.39 is 0 Å². The van der Waals surface area contributed by atoms with Crippen molar-refractivity contribution in [3.8, 4) is 10.6 Å². The second kappa shape index (κ2) is 9.19. The number of nitrogens with zero attached hydrogens (tertiary/aromatic N) is 5. The lowest BCUT2D eigenvalue weighted by Gasteiger charge is -2.28. The first-order valence-electron chi connectivity index (χ1n) is 11.2. The summed E-state index contributed by atoms with van der Waals surface area (Å²) in [4.78, 5) is 26.3. The van der Waals surface area contributed by atoms with E-state index in [-0.39, 0.29) is 18.0 Å². The number of thiophene rings is 1. The molecule has 0 N–H and O–H groups in total. The average molecular weight is 468 g/mol. The molecule has 170 valence electrons. The molecule has 0 aliphatic carbocycles. The molecule has 4 heterocycles. The summed E-state index contributed by atoms with van der Waals surface area (Å²) >= 11 is 1.60. The second-order valence-corrected chi connectivity index (χ2v) is 9.38. The van der Waals surface area contributed by atoms with Crippen molar-refractivity contribution in [3.63, 3.8) is 0 Å². The summed E-state index contributed by atoms with van der Waals surface area (Å²) in [5.41, 5.74) is 3.88. The topological polar surface area (TPSA) is 63.9 Å². The van der Waals surface area contributed by atoms with E-state index >= 15 is 0 Å². The van der Waals surface area contributed by atoms with Crippen molar-refractivity contribution >= 4 is 28.3 Å². The standard InChI is InChI=1S/C27H25N5OS/c1-18(2)32-26-21(17-29-32)20(16-23(30-26)24-13-9-15-34-24)27(33)31(3)25(19-10-5-4-6-11-19)22-12-7-8-14-28-22/h4-18,25H,1-3H3. The normalized spacial score (nSPS) is 12.2. The highest BCUT2D eigenvalue weighted by Gasteiger charge is 2.28. The van der Waals surface area contributed by atoms with E-state index in [1.165, 1.54) is 0 Å². The van der Waals surface area contributed by atoms with Crippen LogP contribution in [0.4, 0.5) is 0 Å². The Hall–Kier alpha value is -3.84. The summed E-state index contributed by atoms with van der Waals surface area (Å²) < 4.78 is 1.87. The lowest BCUT2D eigenvalue weighted by molar-refractivity contribution is 0.0754. The van der Waals surface area contributed by atoms with Crippen LogP contribution in [0.25, 0.3) is 21.6 Å². The summed E-state index contributed by atoms with van der Waals surface area (Å²) in [5, 5.41) is 7.32. The number of fused-ring (bicyclic) bond motifs is 1. The molecule has 0 bridgehead atoms. The molecule has 4 aromatic heterocycles. The second-order valence-electron chi connectivity index (χ2n) is 8.44. The summed E-state index contributed by atoms with van der Waals surface area (Å²) in [6.07, 6.45) is 3.51. The number of pyridine rings is 2. The number of hydrogen-bond acceptors (Lipinski definition) is 5. The number of rotatable bonds is 6. The van der Waals surface area contributed by atoms with Crippen molar-refractivity contribution in [1.29, 1.82) is 0 Å². The molecule has 0 spiro atoms. The van der Waals surface area contributed by atoms with Gasteiger partial charge < -0.3 is 4.90 Å². The van der Waals surface area contributed by atoms with Gasteiger partial charge in [0.1, 0.15) is 0 Å². The highest BCUT2D eigenvalue weighted by atomic mass is 32.1. The number of aromatic nitrogens is 4. The number of amides is 1. The molecule has 0 saturated heterocycles. The van der Waals surface area contributed by atoms with Crippen molar-refractivity contribution in [2.45, 2.75) is 25.9 Å². The monoisotopic (exact) mass is 467 g/mol. The van der Waals surface area contributed by atoms with E-state index in [1.54, 1.807) is 28.6 Å². The fourth-order valence-electron chi connectivity index (χ4n) is 4.20. The Morgan fingerprint density at radius 3 is 2.50 bits per heavy atom. The van der Waals surface area contributed by atoms with Crippen LogP contribution in [0.1, 0.15) is 47.5 Å². The molecule has 0 aliphatic heterocycles. The molecule has 6 nitrogen and oxygen atoms in total. The van der Waals surface area contributed by atoms with Crippen molar-refractivity contribution in [2.24, 2.45) is 0 Å². The molecule has 1 aromatic carbocycles. The lowest BCUT2D eigenvalue weighted by atomic mass is 10.00. The van der Waals surface area contributed by atoms with Crippen molar-refractivity contribution < 1.29 is 4.79 Å². The van der Waals surface area contributed by atoms with Gasteiger partial charge in [0, 0.05) is 19.3 Å². The Morgan fingerprint density at radius 2 is 1.82 bits per heavy atom. The minimum Gasteiger partial charge on any atom is -0.329 e. The van der Waals surface area contributed by atoms with Crippen LogP contribution >= 0.6 is 11.3 Å². The third kappa shape index (κ3) is 3.99. The average Bonchev–Trinajstić information content (AvgIpc) is 3.55. The van der Waals surface area contributed by atoms with Crippen LogP contribution in [-0.4, -0.2) is 37.6 Å². The van der Waals surface area contributed by atoms with Crippen molar-refractivity contribution in [2.75, 3.05) is 7.05 Å². The van der Waals surface area contributed by atoms with E-state index in [1.807, 2.05) is 83.8 Å². The van der Waals surface area contributed by atoms with Gasteiger partial charge in [-0.15, -0.1) is 11.3 Å². The first-order valence-corrected chi connectivity index (χ1v) is 12.1. The Balaban J connectivity index is 1.66. The van der Waals surface area contributed by atoms with Crippen LogP contribution < -0.4 is 0 Å². The molecule has 34 heavy (non-hydrogen) atoms. The Kier molecular flexibility index (Phi) is 5.94. The smallest absolute Gasteiger partial charge is 0.255 e. The van der Waals surface area contributed by atoms with Crippen LogP contribution in [0.3, 0.4) is 0 Å². The predicted molar refractivity (Wildman–Crippen MR) is 136 cm³/mol. The van der Waals surface area contributed by atoms with Gasteiger partial charge in [-0.3, -0.25) is 9.78 Å². The summed E-state index contributed by atoms with van der Waals surface area (Å²) in [5.74, 6) is -0.104. The number of hydrogen-bond donors (Lipinski definition) is 0. The quantitative estimate of drug-likeness (QED) is 0.307. The van der Waals surface area contributed by atoms with Crippen LogP contribution in [0.5, 0.6) is 0 Å². The fourth-order valence-corrected chi connectivity index (χ4v) is 4.88. The molecule has 7 heteroatoms. The molecule has 1 atom stereocenters. The van der Waals surface area contributed by atoms with Gasteiger partial charge in [0.05, 0.1) is 39.5 Å². The Bertz CT molecular complexity index is 1370. The maximum atomic E-state index is 14.1. The lowest BCUT2D eigenvalue weighted by Crippen LogP contribution is -2.32. The molecule has 0 saturated carbocycles. The van der Waals surface area contributed by atoms with Gasteiger partial charge in [0.15, 0.2) is 5.65 Å². The zero-order valence-corrected chi connectivity index (χ0v) is 20.1. The van der Waals surface area contributed by atoms with Gasteiger partial charge in [-0.05, 0) is 49.1 Å². The maximum absolute atomic E-state index is 14.1. The number of carbonyl (C=O) groups excluding carboxylic acids is 1. The third-order valence-corrected chi connectivity index (χ3v) is 6.74. The largest absolute Gasteiger partial charge is 0.329 e. The van der Waals surface area contributed by atoms with Crippen LogP contribution in [0.15, 0.2) is 84.5 Å². The van der Waals surface area contributed by atoms with Crippen LogP contribution in [0.2, 0.25) is 0 Å². The SMILES string of the molecule is CC(C)n1ncc2c(C(=O)N(C)C(c3ccccc3)c3ccccn3)cc(-c3cccs3)nc21. The zero-order chi connectivity index (χ0) is 23.7. The molecule has 0 fully saturated rings. The van der Waals surface area contributed by atoms with Gasteiger partial charge in [-0.1, -0.05) is 42.5 Å². The fraction of sp³-hybridized carbons (Fsp3) is 0.185. The van der Waals surface area contributed by atoms with Gasteiger partial charge >= 0.3 is 0 Å². The molecular formula is C27H25N5OS. The van der Waals surface area contributed by atoms with Crippen LogP contribution in [0, 0.1) is 0 Å². The molecular weight excluding hydrogens is 442 g/mol. The van der Waals surface area contributed by atoms with Gasteiger partial charge in [-0.25, -0.2) is 9.67 Å². The molecule has 0 radical (unpaired) electrons. The van der Waals surface area contributed by atoms with E-state index in [2.05, 4.69) is 23.9 Å². The van der Waals surface area contributed by atoms with Crippen LogP contribution in [-0.2, 0) is 0 Å². The molecule has 1 amide bonds. The maximum Gasteiger partial charge on any atom is 0.255 e. The highest BCUT2D eigenvalue weighted by Crippen LogP contribution is 2.32. The Morgan fingerprint density at radius 1 is 1.03 bits per heavy atom. The van der Waals surface area contributed by atoms with Gasteiger partial charge in [0.2, 0.25) is 0 Å². The number of benzene rings is 1. The minimum absolute atomic E-state index is 0.104. The van der Waals surface area contributed by atoms with Gasteiger partial charge in [0.25, 0.3) is 5.91 Å². The van der Waals surface area contributed by atoms with E-state index in [0.717, 1.165) is 27.2 Å². The summed E-state index contributed by atoms with van der Waals surface area (Å²) in [6.45, 7) is 4.12. The summed E-state index contributed by atoms with van der Waals surface area (Å²) in [7, 11) is 1.83. The molecule has 0 aliphatic rings. The van der Waals surface area contributed by atoms with E-state index in [4.69, 9.17) is 4.98 Å². The Labute approximate surface area is 202 Å². The third-order valence-electron chi connectivity index (χ3n) is 5.85. The van der Waals surface area contributed by atoms with Gasteiger partial charge in [-0.2, -0.15) is 5.10 Å². The highest BCUT2D eigenvalue weighted by molar-refractivity contribution is 7.13. The molecule has 5 rings (SSSR count). The number of carbonyl (C=O) groups is 1. The zero-order valence-electron chi connectivity index (χ0n) is 19.3. The van der Waals surface area contributed by atoms with Crippen molar-refractivity contribution in [1.82, 2.24) is 24.6 Å². The first-order chi connectivity index (χ1) is 16.5. The summed E-state index contributed by atoms with van der Waals surface area (Å²) in [6, 6.07) is 21.5. The molecule has 1 unspecified atom stereocenters. The van der Waals surface area contributed by atoms with E-state index in [9.17, 15) is 4.79 Å². The minimum atomic E-state index is -0.330.